The fourth-order valence-electron chi connectivity index (χ4n) is 3.08. The minimum absolute atomic E-state index is 0.604. The molecule has 0 N–H and O–H groups in total. The van der Waals surface area contributed by atoms with Crippen LogP contribution in [0.25, 0.3) is 0 Å². The summed E-state index contributed by atoms with van der Waals surface area (Å²) in [5.74, 6) is 1.47. The fraction of sp³-hybridized carbons (Fsp3) is 0.812. The zero-order valence-electron chi connectivity index (χ0n) is 11.5. The number of allylic oxidation sites excluding steroid dienone is 1. The highest BCUT2D eigenvalue weighted by atomic mass is 14.8. The van der Waals surface area contributed by atoms with Crippen molar-refractivity contribution in [2.75, 3.05) is 0 Å². The van der Waals surface area contributed by atoms with Crippen molar-refractivity contribution in [2.45, 2.75) is 71.3 Å². The average Bonchev–Trinajstić information content (AvgIpc) is 2.39. The van der Waals surface area contributed by atoms with Gasteiger partial charge in [0.1, 0.15) is 0 Å². The molecule has 0 aromatic carbocycles. The number of dihydropyridines is 1. The lowest BCUT2D eigenvalue weighted by atomic mass is 9.88. The molecule has 0 spiro atoms. The highest BCUT2D eigenvalue weighted by molar-refractivity contribution is 5.95. The monoisotopic (exact) mass is 233 g/mol. The number of nitrogens with zero attached hydrogens (tertiary/aromatic N) is 1. The first kappa shape index (κ1) is 12.9. The van der Waals surface area contributed by atoms with Crippen LogP contribution < -0.4 is 0 Å². The van der Waals surface area contributed by atoms with Crippen molar-refractivity contribution >= 4 is 5.71 Å². The van der Waals surface area contributed by atoms with Gasteiger partial charge < -0.3 is 0 Å². The van der Waals surface area contributed by atoms with Crippen LogP contribution in [0.1, 0.15) is 65.2 Å². The van der Waals surface area contributed by atoms with Gasteiger partial charge in [-0.3, -0.25) is 4.99 Å². The molecule has 1 aliphatic heterocycles. The normalized spacial score (nSPS) is 30.2. The maximum Gasteiger partial charge on any atom is 0.0565 e. The van der Waals surface area contributed by atoms with Crippen LogP contribution in [-0.2, 0) is 0 Å². The summed E-state index contributed by atoms with van der Waals surface area (Å²) in [6.07, 6.45) is 15.7. The van der Waals surface area contributed by atoms with Crippen molar-refractivity contribution in [3.8, 4) is 0 Å². The van der Waals surface area contributed by atoms with E-state index in [1.807, 2.05) is 0 Å². The molecular formula is C16H27N. The molecule has 2 unspecified atom stereocenters. The number of fused-ring (bicyclic) bond motifs is 1. The van der Waals surface area contributed by atoms with Crippen molar-refractivity contribution in [1.29, 1.82) is 0 Å². The number of hydrogen-bond acceptors (Lipinski definition) is 1. The van der Waals surface area contributed by atoms with Crippen molar-refractivity contribution < 1.29 is 0 Å². The van der Waals surface area contributed by atoms with Gasteiger partial charge in [-0.05, 0) is 37.2 Å². The van der Waals surface area contributed by atoms with Gasteiger partial charge in [-0.2, -0.15) is 0 Å². The quantitative estimate of drug-likeness (QED) is 0.651. The number of hydrogen-bond donors (Lipinski definition) is 0. The Kier molecular flexibility index (Phi) is 4.82. The van der Waals surface area contributed by atoms with Crippen LogP contribution in [0.2, 0.25) is 0 Å². The molecule has 96 valence electrons. The van der Waals surface area contributed by atoms with Crippen molar-refractivity contribution in [2.24, 2.45) is 16.8 Å². The predicted molar refractivity (Wildman–Crippen MR) is 75.6 cm³/mol. The summed E-state index contributed by atoms with van der Waals surface area (Å²) in [6.45, 7) is 4.57. The molecule has 1 fully saturated rings. The first-order chi connectivity index (χ1) is 8.25. The standard InChI is InChI=1S/C16H27N/c1-13(2)12-15-11-10-14-8-6-4-3-5-7-9-16(14)17-15/h10-11,13-14,16H,3-9,12H2,1-2H3. The van der Waals surface area contributed by atoms with Gasteiger partial charge in [-0.15, -0.1) is 0 Å². The second-order valence-electron chi connectivity index (χ2n) is 6.15. The molecule has 17 heavy (non-hydrogen) atoms. The minimum Gasteiger partial charge on any atom is -0.286 e. The Labute approximate surface area is 106 Å². The molecule has 2 rings (SSSR count). The van der Waals surface area contributed by atoms with E-state index in [2.05, 4.69) is 26.0 Å². The molecule has 0 aromatic heterocycles. The second-order valence-corrected chi connectivity index (χ2v) is 6.15. The molecule has 1 heterocycles. The molecule has 1 saturated carbocycles. The Morgan fingerprint density at radius 2 is 1.82 bits per heavy atom. The lowest BCUT2D eigenvalue weighted by Crippen LogP contribution is -2.22. The molecular weight excluding hydrogens is 206 g/mol. The molecule has 2 aliphatic rings. The van der Waals surface area contributed by atoms with Crippen molar-refractivity contribution in [3.05, 3.63) is 12.2 Å². The molecule has 0 bridgehead atoms. The van der Waals surface area contributed by atoms with Gasteiger partial charge in [-0.1, -0.05) is 52.0 Å². The smallest absolute Gasteiger partial charge is 0.0565 e. The lowest BCUT2D eigenvalue weighted by Gasteiger charge is -2.25. The van der Waals surface area contributed by atoms with Gasteiger partial charge in [0.05, 0.1) is 6.04 Å². The Morgan fingerprint density at radius 1 is 1.12 bits per heavy atom. The van der Waals surface area contributed by atoms with E-state index >= 15 is 0 Å². The summed E-state index contributed by atoms with van der Waals surface area (Å²) in [5, 5.41) is 0. The van der Waals surface area contributed by atoms with Crippen molar-refractivity contribution in [3.63, 3.8) is 0 Å². The van der Waals surface area contributed by atoms with Crippen LogP contribution in [0.4, 0.5) is 0 Å². The number of rotatable bonds is 2. The van der Waals surface area contributed by atoms with E-state index in [1.54, 1.807) is 0 Å². The van der Waals surface area contributed by atoms with E-state index in [1.165, 1.54) is 50.7 Å². The van der Waals surface area contributed by atoms with E-state index in [-0.39, 0.29) is 0 Å². The predicted octanol–water partition coefficient (Wildman–Crippen LogP) is 4.77. The third kappa shape index (κ3) is 3.97. The maximum atomic E-state index is 5.02. The maximum absolute atomic E-state index is 5.02. The zero-order chi connectivity index (χ0) is 12.1. The minimum atomic E-state index is 0.604. The zero-order valence-corrected chi connectivity index (χ0v) is 11.5. The molecule has 0 amide bonds. The largest absolute Gasteiger partial charge is 0.286 e. The third-order valence-corrected chi connectivity index (χ3v) is 4.02. The van der Waals surface area contributed by atoms with E-state index in [0.717, 1.165) is 18.3 Å². The van der Waals surface area contributed by atoms with Crippen LogP contribution in [0.3, 0.4) is 0 Å². The Bertz CT molecular complexity index is 288. The molecule has 2 atom stereocenters. The lowest BCUT2D eigenvalue weighted by molar-refractivity contribution is 0.435. The van der Waals surface area contributed by atoms with Gasteiger partial charge in [0.25, 0.3) is 0 Å². The third-order valence-electron chi connectivity index (χ3n) is 4.02. The molecule has 1 nitrogen and oxygen atoms in total. The molecule has 1 heteroatoms. The molecule has 0 aromatic rings. The summed E-state index contributed by atoms with van der Waals surface area (Å²) in [5.41, 5.74) is 1.35. The highest BCUT2D eigenvalue weighted by Gasteiger charge is 2.22. The first-order valence-corrected chi connectivity index (χ1v) is 7.50. The molecule has 1 aliphatic carbocycles. The summed E-state index contributed by atoms with van der Waals surface area (Å²) in [7, 11) is 0. The summed E-state index contributed by atoms with van der Waals surface area (Å²) in [4.78, 5) is 5.02. The summed E-state index contributed by atoms with van der Waals surface area (Å²) < 4.78 is 0. The van der Waals surface area contributed by atoms with Gasteiger partial charge in [0.2, 0.25) is 0 Å². The average molecular weight is 233 g/mol. The van der Waals surface area contributed by atoms with Crippen LogP contribution in [0.15, 0.2) is 17.1 Å². The van der Waals surface area contributed by atoms with Crippen LogP contribution in [0.5, 0.6) is 0 Å². The molecule has 0 radical (unpaired) electrons. The topological polar surface area (TPSA) is 12.4 Å². The van der Waals surface area contributed by atoms with Crippen LogP contribution >= 0.6 is 0 Å². The van der Waals surface area contributed by atoms with Gasteiger partial charge in [0.15, 0.2) is 0 Å². The SMILES string of the molecule is CC(C)CC1=NC2CCCCCCCC2C=C1. The van der Waals surface area contributed by atoms with E-state index in [4.69, 9.17) is 4.99 Å². The van der Waals surface area contributed by atoms with Gasteiger partial charge >= 0.3 is 0 Å². The van der Waals surface area contributed by atoms with Gasteiger partial charge in [0, 0.05) is 5.71 Å². The van der Waals surface area contributed by atoms with E-state index in [0.29, 0.717) is 6.04 Å². The number of aliphatic imine (C=N–C) groups is 1. The van der Waals surface area contributed by atoms with Gasteiger partial charge in [-0.25, -0.2) is 0 Å². The molecule has 0 saturated heterocycles. The summed E-state index contributed by atoms with van der Waals surface area (Å²) >= 11 is 0. The fourth-order valence-corrected chi connectivity index (χ4v) is 3.08. The van der Waals surface area contributed by atoms with Crippen LogP contribution in [-0.4, -0.2) is 11.8 Å². The summed E-state index contributed by atoms with van der Waals surface area (Å²) in [6, 6.07) is 0.604. The van der Waals surface area contributed by atoms with Crippen LogP contribution in [0, 0.1) is 11.8 Å². The Hall–Kier alpha value is -0.590. The van der Waals surface area contributed by atoms with E-state index < -0.39 is 0 Å². The Morgan fingerprint density at radius 3 is 2.59 bits per heavy atom. The first-order valence-electron chi connectivity index (χ1n) is 7.50. The van der Waals surface area contributed by atoms with Crippen molar-refractivity contribution in [1.82, 2.24) is 0 Å². The van der Waals surface area contributed by atoms with E-state index in [9.17, 15) is 0 Å². The highest BCUT2D eigenvalue weighted by Crippen LogP contribution is 2.28. The Balaban J connectivity index is 2.00. The second kappa shape index (κ2) is 6.37.